The first-order valence-corrected chi connectivity index (χ1v) is 8.08. The summed E-state index contributed by atoms with van der Waals surface area (Å²) in [5.74, 6) is -2.80. The molecule has 0 aliphatic carbocycles. The third kappa shape index (κ3) is 4.85. The van der Waals surface area contributed by atoms with Crippen molar-refractivity contribution in [3.63, 3.8) is 0 Å². The van der Waals surface area contributed by atoms with Crippen LogP contribution in [0, 0.1) is 17.0 Å². The standard InChI is InChI=1S/C18H23F2N3O2/c1-18(2,3)15(21)9-16(24)22-17(25)14-6-7-23(14)10-11-4-5-12(19)13(20)8-11/h4-5,8-9,14H,6-7,10,21H2,1-3H3,(H,22,24,25)/t14-/m0/s1. The second-order valence-corrected chi connectivity index (χ2v) is 7.23. The number of hydrogen-bond acceptors (Lipinski definition) is 4. The predicted molar refractivity (Wildman–Crippen MR) is 90.0 cm³/mol. The van der Waals surface area contributed by atoms with Gasteiger partial charge in [-0.05, 0) is 24.1 Å². The van der Waals surface area contributed by atoms with Crippen molar-refractivity contribution in [2.24, 2.45) is 11.1 Å². The van der Waals surface area contributed by atoms with Gasteiger partial charge in [-0.25, -0.2) is 8.78 Å². The van der Waals surface area contributed by atoms with Crippen molar-refractivity contribution in [3.8, 4) is 0 Å². The van der Waals surface area contributed by atoms with Crippen LogP contribution in [0.1, 0.15) is 32.8 Å². The van der Waals surface area contributed by atoms with E-state index >= 15 is 0 Å². The van der Waals surface area contributed by atoms with Gasteiger partial charge in [0.2, 0.25) is 5.91 Å². The number of nitrogens with two attached hydrogens (primary N) is 1. The first-order chi connectivity index (χ1) is 11.6. The Labute approximate surface area is 145 Å². The highest BCUT2D eigenvalue weighted by Gasteiger charge is 2.34. The van der Waals surface area contributed by atoms with Gasteiger partial charge >= 0.3 is 0 Å². The first kappa shape index (κ1) is 19.1. The number of halogens is 2. The zero-order valence-corrected chi connectivity index (χ0v) is 14.6. The smallest absolute Gasteiger partial charge is 0.252 e. The Balaban J connectivity index is 1.94. The second-order valence-electron chi connectivity index (χ2n) is 7.23. The highest BCUT2D eigenvalue weighted by Crippen LogP contribution is 2.22. The molecule has 3 N–H and O–H groups in total. The number of benzene rings is 1. The molecule has 1 aliphatic rings. The number of nitrogens with zero attached hydrogens (tertiary/aromatic N) is 1. The number of nitrogens with one attached hydrogen (secondary N) is 1. The number of amides is 2. The van der Waals surface area contributed by atoms with E-state index in [-0.39, 0.29) is 5.41 Å². The van der Waals surface area contributed by atoms with E-state index in [0.29, 0.717) is 30.8 Å². The van der Waals surface area contributed by atoms with Crippen LogP contribution in [0.4, 0.5) is 8.78 Å². The summed E-state index contributed by atoms with van der Waals surface area (Å²) in [5, 5.41) is 2.31. The van der Waals surface area contributed by atoms with Crippen LogP contribution in [-0.4, -0.2) is 29.3 Å². The lowest BCUT2D eigenvalue weighted by Crippen LogP contribution is -2.56. The van der Waals surface area contributed by atoms with Gasteiger partial charge in [0.15, 0.2) is 11.6 Å². The Morgan fingerprint density at radius 2 is 2.00 bits per heavy atom. The molecule has 25 heavy (non-hydrogen) atoms. The van der Waals surface area contributed by atoms with Gasteiger partial charge in [-0.2, -0.15) is 0 Å². The molecule has 1 saturated heterocycles. The number of allylic oxidation sites excluding steroid dienone is 1. The van der Waals surface area contributed by atoms with E-state index in [1.54, 1.807) is 4.90 Å². The summed E-state index contributed by atoms with van der Waals surface area (Å²) in [7, 11) is 0. The van der Waals surface area contributed by atoms with Gasteiger partial charge in [0.05, 0.1) is 6.04 Å². The maximum absolute atomic E-state index is 13.3. The number of rotatable bonds is 4. The molecule has 7 heteroatoms. The lowest BCUT2D eigenvalue weighted by atomic mass is 9.92. The van der Waals surface area contributed by atoms with Crippen molar-refractivity contribution in [2.75, 3.05) is 6.54 Å². The minimum atomic E-state index is -0.919. The number of carbonyl (C=O) groups is 2. The Bertz CT molecular complexity index is 711. The molecular formula is C18H23F2N3O2. The molecule has 0 aromatic heterocycles. The lowest BCUT2D eigenvalue weighted by Gasteiger charge is -2.39. The maximum Gasteiger partial charge on any atom is 0.252 e. The fourth-order valence-electron chi connectivity index (χ4n) is 2.40. The Kier molecular flexibility index (Phi) is 5.57. The number of imide groups is 1. The average molecular weight is 351 g/mol. The fraction of sp³-hybridized carbons (Fsp3) is 0.444. The van der Waals surface area contributed by atoms with E-state index in [9.17, 15) is 18.4 Å². The highest BCUT2D eigenvalue weighted by molar-refractivity contribution is 6.03. The highest BCUT2D eigenvalue weighted by atomic mass is 19.2. The van der Waals surface area contributed by atoms with Crippen molar-refractivity contribution in [1.82, 2.24) is 10.2 Å². The van der Waals surface area contributed by atoms with Crippen LogP contribution in [0.15, 0.2) is 30.0 Å². The molecule has 0 saturated carbocycles. The molecule has 2 amide bonds. The minimum absolute atomic E-state index is 0.309. The maximum atomic E-state index is 13.3. The molecule has 2 rings (SSSR count). The van der Waals surface area contributed by atoms with Crippen molar-refractivity contribution in [1.29, 1.82) is 0 Å². The lowest BCUT2D eigenvalue weighted by molar-refractivity contribution is -0.135. The van der Waals surface area contributed by atoms with Gasteiger partial charge < -0.3 is 5.73 Å². The van der Waals surface area contributed by atoms with Crippen molar-refractivity contribution in [2.45, 2.75) is 39.8 Å². The predicted octanol–water partition coefficient (Wildman–Crippen LogP) is 2.07. The Hall–Kier alpha value is -2.28. The minimum Gasteiger partial charge on any atom is -0.401 e. The molecule has 136 valence electrons. The van der Waals surface area contributed by atoms with E-state index in [2.05, 4.69) is 5.32 Å². The van der Waals surface area contributed by atoms with E-state index in [4.69, 9.17) is 5.73 Å². The van der Waals surface area contributed by atoms with Crippen LogP contribution in [0.2, 0.25) is 0 Å². The molecule has 1 aromatic carbocycles. The van der Waals surface area contributed by atoms with Crippen LogP contribution >= 0.6 is 0 Å². The van der Waals surface area contributed by atoms with Gasteiger partial charge in [0.25, 0.3) is 5.91 Å². The molecule has 1 atom stereocenters. The quantitative estimate of drug-likeness (QED) is 0.815. The number of carbonyl (C=O) groups excluding carboxylic acids is 2. The number of likely N-dealkylation sites (tertiary alicyclic amines) is 1. The fourth-order valence-corrected chi connectivity index (χ4v) is 2.40. The average Bonchev–Trinajstić information content (AvgIpc) is 2.45. The summed E-state index contributed by atoms with van der Waals surface area (Å²) in [6.45, 7) is 6.55. The van der Waals surface area contributed by atoms with Gasteiger partial charge in [-0.15, -0.1) is 0 Å². The summed E-state index contributed by atoms with van der Waals surface area (Å²) >= 11 is 0. The molecule has 0 radical (unpaired) electrons. The zero-order chi connectivity index (χ0) is 18.8. The second kappa shape index (κ2) is 7.31. The molecule has 1 fully saturated rings. The first-order valence-electron chi connectivity index (χ1n) is 8.08. The van der Waals surface area contributed by atoms with Crippen LogP contribution in [0.25, 0.3) is 0 Å². The third-order valence-corrected chi connectivity index (χ3v) is 4.20. The summed E-state index contributed by atoms with van der Waals surface area (Å²) < 4.78 is 26.2. The zero-order valence-electron chi connectivity index (χ0n) is 14.6. The Morgan fingerprint density at radius 1 is 1.32 bits per heavy atom. The van der Waals surface area contributed by atoms with Gasteiger partial charge in [-0.3, -0.25) is 19.8 Å². The largest absolute Gasteiger partial charge is 0.401 e. The van der Waals surface area contributed by atoms with Crippen LogP contribution < -0.4 is 11.1 Å². The topological polar surface area (TPSA) is 75.4 Å². The Morgan fingerprint density at radius 3 is 2.52 bits per heavy atom. The molecule has 0 bridgehead atoms. The monoisotopic (exact) mass is 351 g/mol. The normalized spacial score (nSPS) is 18.6. The van der Waals surface area contributed by atoms with Crippen molar-refractivity contribution in [3.05, 3.63) is 47.2 Å². The SMILES string of the molecule is CC(C)(C)C(N)=CC(=O)NC(=O)[C@@H]1CCN1Cc1ccc(F)c(F)c1. The van der Waals surface area contributed by atoms with E-state index < -0.39 is 29.5 Å². The molecular weight excluding hydrogens is 328 g/mol. The van der Waals surface area contributed by atoms with Gasteiger partial charge in [-0.1, -0.05) is 26.8 Å². The van der Waals surface area contributed by atoms with Gasteiger partial charge in [0, 0.05) is 30.3 Å². The van der Waals surface area contributed by atoms with Crippen molar-refractivity contribution < 1.29 is 18.4 Å². The molecule has 0 unspecified atom stereocenters. The molecule has 1 heterocycles. The van der Waals surface area contributed by atoms with E-state index in [1.807, 2.05) is 20.8 Å². The third-order valence-electron chi connectivity index (χ3n) is 4.20. The van der Waals surface area contributed by atoms with Crippen molar-refractivity contribution >= 4 is 11.8 Å². The molecule has 0 spiro atoms. The van der Waals surface area contributed by atoms with E-state index in [0.717, 1.165) is 12.1 Å². The van der Waals surface area contributed by atoms with Crippen LogP contribution in [-0.2, 0) is 16.1 Å². The number of hydrogen-bond donors (Lipinski definition) is 2. The summed E-state index contributed by atoms with van der Waals surface area (Å²) in [5.41, 5.74) is 6.40. The summed E-state index contributed by atoms with van der Waals surface area (Å²) in [4.78, 5) is 25.9. The van der Waals surface area contributed by atoms with Crippen LogP contribution in [0.5, 0.6) is 0 Å². The summed E-state index contributed by atoms with van der Waals surface area (Å²) in [6.07, 6.45) is 1.82. The molecule has 5 nitrogen and oxygen atoms in total. The van der Waals surface area contributed by atoms with Crippen LogP contribution in [0.3, 0.4) is 0 Å². The molecule has 1 aromatic rings. The molecule has 1 aliphatic heterocycles. The van der Waals surface area contributed by atoms with Gasteiger partial charge in [0.1, 0.15) is 0 Å². The van der Waals surface area contributed by atoms with E-state index in [1.165, 1.54) is 12.1 Å². The summed E-state index contributed by atoms with van der Waals surface area (Å²) in [6, 6.07) is 3.18.